The number of hydrazone groups is 1. The van der Waals surface area contributed by atoms with Crippen molar-refractivity contribution in [1.82, 2.24) is 4.90 Å². The molecule has 26 heavy (non-hydrogen) atoms. The molecule has 4 rings (SSSR count). The monoisotopic (exact) mass is 407 g/mol. The normalized spacial score (nSPS) is 16.4. The second kappa shape index (κ2) is 6.09. The molecule has 6 nitrogen and oxygen atoms in total. The fraction of sp³-hybridized carbons (Fsp3) is 0.0588. The molecule has 0 saturated carbocycles. The average Bonchev–Trinajstić information content (AvgIpc) is 3.06. The Morgan fingerprint density at radius 2 is 1.42 bits per heavy atom. The molecule has 0 spiro atoms. The van der Waals surface area contributed by atoms with Crippen molar-refractivity contribution in [2.24, 2.45) is 5.10 Å². The SMILES string of the molecule is O=C1c2ccccc2C(=O)N1C1=NN(c2c(Cl)cc(Cl)cc2Cl)C(=O)C1. The fourth-order valence-corrected chi connectivity index (χ4v) is 3.85. The molecule has 0 aromatic heterocycles. The van der Waals surface area contributed by atoms with Crippen molar-refractivity contribution in [1.29, 1.82) is 0 Å². The maximum absolute atomic E-state index is 12.5. The highest BCUT2D eigenvalue weighted by atomic mass is 35.5. The van der Waals surface area contributed by atoms with E-state index in [2.05, 4.69) is 5.10 Å². The maximum Gasteiger partial charge on any atom is 0.267 e. The zero-order valence-corrected chi connectivity index (χ0v) is 15.1. The van der Waals surface area contributed by atoms with Crippen LogP contribution in [0.4, 0.5) is 5.69 Å². The minimum atomic E-state index is -0.521. The van der Waals surface area contributed by atoms with Gasteiger partial charge in [0.05, 0.1) is 27.6 Å². The van der Waals surface area contributed by atoms with Gasteiger partial charge in [-0.2, -0.15) is 10.1 Å². The first-order valence-electron chi connectivity index (χ1n) is 7.41. The van der Waals surface area contributed by atoms with Crippen LogP contribution in [0.3, 0.4) is 0 Å². The van der Waals surface area contributed by atoms with Crippen molar-refractivity contribution in [3.8, 4) is 0 Å². The predicted octanol–water partition coefficient (Wildman–Crippen LogP) is 3.99. The Bertz CT molecular complexity index is 977. The van der Waals surface area contributed by atoms with Crippen LogP contribution in [0.1, 0.15) is 27.1 Å². The Morgan fingerprint density at radius 1 is 0.885 bits per heavy atom. The van der Waals surface area contributed by atoms with Crippen molar-refractivity contribution in [3.63, 3.8) is 0 Å². The lowest BCUT2D eigenvalue weighted by Gasteiger charge is -2.15. The average molecular weight is 409 g/mol. The lowest BCUT2D eigenvalue weighted by atomic mass is 10.1. The summed E-state index contributed by atoms with van der Waals surface area (Å²) in [5.41, 5.74) is 0.691. The Labute approximate surface area is 162 Å². The molecule has 0 bridgehead atoms. The van der Waals surface area contributed by atoms with Gasteiger partial charge < -0.3 is 0 Å². The van der Waals surface area contributed by atoms with E-state index in [-0.39, 0.29) is 39.1 Å². The molecule has 0 N–H and O–H groups in total. The molecule has 3 amide bonds. The van der Waals surface area contributed by atoms with Crippen LogP contribution in [0.15, 0.2) is 41.5 Å². The number of rotatable bonds is 1. The van der Waals surface area contributed by atoms with E-state index < -0.39 is 17.7 Å². The van der Waals surface area contributed by atoms with Crippen molar-refractivity contribution >= 4 is 64.0 Å². The van der Waals surface area contributed by atoms with E-state index >= 15 is 0 Å². The van der Waals surface area contributed by atoms with Gasteiger partial charge in [0.2, 0.25) is 0 Å². The summed E-state index contributed by atoms with van der Waals surface area (Å²) in [6, 6.07) is 9.28. The number of amidine groups is 1. The number of fused-ring (bicyclic) bond motifs is 1. The summed E-state index contributed by atoms with van der Waals surface area (Å²) >= 11 is 18.2. The number of anilines is 1. The number of imide groups is 1. The van der Waals surface area contributed by atoms with Crippen molar-refractivity contribution in [3.05, 3.63) is 62.6 Å². The smallest absolute Gasteiger partial charge is 0.267 e. The van der Waals surface area contributed by atoms with E-state index in [1.165, 1.54) is 12.1 Å². The molecule has 130 valence electrons. The quantitative estimate of drug-likeness (QED) is 0.670. The van der Waals surface area contributed by atoms with Gasteiger partial charge in [0, 0.05) is 5.02 Å². The van der Waals surface area contributed by atoms with Crippen LogP contribution in [0.25, 0.3) is 0 Å². The lowest BCUT2D eigenvalue weighted by molar-refractivity contribution is -0.116. The van der Waals surface area contributed by atoms with E-state index in [0.717, 1.165) is 9.91 Å². The number of benzene rings is 2. The zero-order chi connectivity index (χ0) is 18.6. The zero-order valence-electron chi connectivity index (χ0n) is 12.9. The van der Waals surface area contributed by atoms with Gasteiger partial charge in [0.15, 0.2) is 0 Å². The third-order valence-electron chi connectivity index (χ3n) is 4.01. The molecule has 2 aromatic carbocycles. The summed E-state index contributed by atoms with van der Waals surface area (Å²) < 4.78 is 0. The van der Waals surface area contributed by atoms with Gasteiger partial charge in [-0.1, -0.05) is 46.9 Å². The van der Waals surface area contributed by atoms with Gasteiger partial charge in [-0.3, -0.25) is 14.4 Å². The minimum Gasteiger partial charge on any atom is -0.272 e. The van der Waals surface area contributed by atoms with Gasteiger partial charge in [-0.15, -0.1) is 0 Å². The molecule has 2 aliphatic rings. The highest BCUT2D eigenvalue weighted by Crippen LogP contribution is 2.39. The van der Waals surface area contributed by atoms with Crippen LogP contribution in [-0.4, -0.2) is 28.5 Å². The van der Waals surface area contributed by atoms with Gasteiger partial charge in [0.25, 0.3) is 17.7 Å². The molecular weight excluding hydrogens is 401 g/mol. The van der Waals surface area contributed by atoms with Crippen LogP contribution in [0, 0.1) is 0 Å². The highest BCUT2D eigenvalue weighted by Gasteiger charge is 2.42. The fourth-order valence-electron chi connectivity index (χ4n) is 2.88. The number of halogens is 3. The number of hydrogen-bond donors (Lipinski definition) is 0. The third kappa shape index (κ3) is 2.49. The van der Waals surface area contributed by atoms with Gasteiger partial charge in [-0.05, 0) is 24.3 Å². The van der Waals surface area contributed by atoms with Crippen LogP contribution >= 0.6 is 34.8 Å². The van der Waals surface area contributed by atoms with Crippen molar-refractivity contribution < 1.29 is 14.4 Å². The Morgan fingerprint density at radius 3 is 1.96 bits per heavy atom. The molecule has 0 fully saturated rings. The van der Waals surface area contributed by atoms with Gasteiger partial charge >= 0.3 is 0 Å². The van der Waals surface area contributed by atoms with E-state index in [1.54, 1.807) is 24.3 Å². The molecule has 0 radical (unpaired) electrons. The molecule has 2 heterocycles. The summed E-state index contributed by atoms with van der Waals surface area (Å²) in [6.07, 6.45) is -0.235. The van der Waals surface area contributed by atoms with Crippen molar-refractivity contribution in [2.75, 3.05) is 5.01 Å². The first-order chi connectivity index (χ1) is 12.4. The second-order valence-electron chi connectivity index (χ2n) is 5.61. The number of hydrogen-bond acceptors (Lipinski definition) is 4. The predicted molar refractivity (Wildman–Crippen MR) is 98.0 cm³/mol. The topological polar surface area (TPSA) is 70.1 Å². The summed E-state index contributed by atoms with van der Waals surface area (Å²) in [6.45, 7) is 0. The number of amides is 3. The van der Waals surface area contributed by atoms with E-state index in [0.29, 0.717) is 5.02 Å². The van der Waals surface area contributed by atoms with Crippen LogP contribution in [0.5, 0.6) is 0 Å². The molecule has 2 aromatic rings. The number of carbonyl (C=O) groups excluding carboxylic acids is 3. The molecular formula is C17H8Cl3N3O3. The van der Waals surface area contributed by atoms with Crippen molar-refractivity contribution in [2.45, 2.75) is 6.42 Å². The third-order valence-corrected chi connectivity index (χ3v) is 4.80. The molecule has 0 saturated heterocycles. The molecule has 0 unspecified atom stereocenters. The van der Waals surface area contributed by atoms with Gasteiger partial charge in [0.1, 0.15) is 11.5 Å². The number of nitrogens with zero attached hydrogens (tertiary/aromatic N) is 3. The summed E-state index contributed by atoms with van der Waals surface area (Å²) in [7, 11) is 0. The van der Waals surface area contributed by atoms with Crippen LogP contribution in [-0.2, 0) is 4.79 Å². The summed E-state index contributed by atoms with van der Waals surface area (Å²) in [5.74, 6) is -1.49. The lowest BCUT2D eigenvalue weighted by Crippen LogP contribution is -2.35. The molecule has 0 atom stereocenters. The number of carbonyl (C=O) groups is 3. The highest BCUT2D eigenvalue weighted by molar-refractivity contribution is 6.43. The minimum absolute atomic E-state index is 0.0169. The Kier molecular flexibility index (Phi) is 3.99. The van der Waals surface area contributed by atoms with E-state index in [1.807, 2.05) is 0 Å². The van der Waals surface area contributed by atoms with Gasteiger partial charge in [-0.25, -0.2) is 4.90 Å². The summed E-state index contributed by atoms with van der Waals surface area (Å²) in [5, 5.41) is 5.68. The first kappa shape index (κ1) is 17.0. The summed E-state index contributed by atoms with van der Waals surface area (Å²) in [4.78, 5) is 38.4. The van der Waals surface area contributed by atoms with Crippen LogP contribution < -0.4 is 5.01 Å². The van der Waals surface area contributed by atoms with Crippen LogP contribution in [0.2, 0.25) is 15.1 Å². The Balaban J connectivity index is 1.75. The van der Waals surface area contributed by atoms with E-state index in [4.69, 9.17) is 34.8 Å². The molecule has 0 aliphatic carbocycles. The first-order valence-corrected chi connectivity index (χ1v) is 8.54. The standard InChI is InChI=1S/C17H8Cl3N3O3/c18-8-5-11(19)15(12(20)6-8)23-14(24)7-13(21-23)22-16(25)9-3-1-2-4-10(9)17(22)26/h1-6H,7H2. The maximum atomic E-state index is 12.5. The molecule has 9 heteroatoms. The largest absolute Gasteiger partial charge is 0.272 e. The van der Waals surface area contributed by atoms with E-state index in [9.17, 15) is 14.4 Å². The Hall–Kier alpha value is -2.41. The second-order valence-corrected chi connectivity index (χ2v) is 6.86. The molecule has 2 aliphatic heterocycles.